The first-order valence-corrected chi connectivity index (χ1v) is 12.3. The fourth-order valence-electron chi connectivity index (χ4n) is 4.75. The Hall–Kier alpha value is -4.04. The molecule has 9 heteroatoms. The molecule has 1 saturated heterocycles. The molecule has 38 heavy (non-hydrogen) atoms. The van der Waals surface area contributed by atoms with E-state index >= 15 is 0 Å². The van der Waals surface area contributed by atoms with Crippen LogP contribution in [0.15, 0.2) is 66.9 Å². The number of carbonyl (C=O) groups excluding carboxylic acids is 2. The second-order valence-corrected chi connectivity index (χ2v) is 9.85. The van der Waals surface area contributed by atoms with Gasteiger partial charge in [0.25, 0.3) is 5.79 Å². The molecule has 1 aromatic heterocycles. The summed E-state index contributed by atoms with van der Waals surface area (Å²) < 4.78 is 36.0. The second-order valence-electron chi connectivity index (χ2n) is 9.44. The molecular formula is C29H25ClFNO6. The third kappa shape index (κ3) is 4.91. The maximum absolute atomic E-state index is 13.6. The van der Waals surface area contributed by atoms with Gasteiger partial charge in [-0.05, 0) is 47.0 Å². The van der Waals surface area contributed by atoms with Crippen molar-refractivity contribution in [3.05, 3.63) is 94.4 Å². The number of halogens is 2. The van der Waals surface area contributed by atoms with E-state index < -0.39 is 29.6 Å². The molecule has 5 rings (SSSR count). The number of para-hydroxylation sites is 1. The van der Waals surface area contributed by atoms with Gasteiger partial charge in [-0.1, -0.05) is 41.9 Å². The molecule has 0 aliphatic carbocycles. The van der Waals surface area contributed by atoms with Crippen LogP contribution in [-0.4, -0.2) is 29.8 Å². The Kier molecular flexibility index (Phi) is 6.75. The van der Waals surface area contributed by atoms with Crippen molar-refractivity contribution in [2.45, 2.75) is 32.2 Å². The number of ether oxygens (including phenoxy) is 4. The highest BCUT2D eigenvalue weighted by Crippen LogP contribution is 2.45. The number of H-pyrrole nitrogens is 1. The van der Waals surface area contributed by atoms with Gasteiger partial charge in [0.05, 0.1) is 12.1 Å². The molecule has 3 aromatic carbocycles. The Morgan fingerprint density at radius 1 is 1.05 bits per heavy atom. The molecule has 0 bridgehead atoms. The van der Waals surface area contributed by atoms with Crippen LogP contribution in [0, 0.1) is 11.7 Å². The lowest BCUT2D eigenvalue weighted by atomic mass is 9.79. The van der Waals surface area contributed by atoms with E-state index in [4.69, 9.17) is 30.5 Å². The van der Waals surface area contributed by atoms with Gasteiger partial charge in [-0.25, -0.2) is 4.39 Å². The first kappa shape index (κ1) is 25.6. The summed E-state index contributed by atoms with van der Waals surface area (Å²) in [7, 11) is 1.46. The number of carbonyl (C=O) groups is 2. The molecule has 2 heterocycles. The van der Waals surface area contributed by atoms with Crippen LogP contribution in [0.25, 0.3) is 10.9 Å². The number of benzene rings is 3. The van der Waals surface area contributed by atoms with Crippen LogP contribution < -0.4 is 9.47 Å². The first-order valence-electron chi connectivity index (χ1n) is 11.9. The summed E-state index contributed by atoms with van der Waals surface area (Å²) in [5.41, 5.74) is 2.65. The fourth-order valence-corrected chi connectivity index (χ4v) is 5.02. The van der Waals surface area contributed by atoms with Gasteiger partial charge in [0.15, 0.2) is 17.4 Å². The van der Waals surface area contributed by atoms with Crippen molar-refractivity contribution in [2.75, 3.05) is 7.11 Å². The molecule has 0 radical (unpaired) electrons. The monoisotopic (exact) mass is 537 g/mol. The largest absolute Gasteiger partial charge is 0.493 e. The summed E-state index contributed by atoms with van der Waals surface area (Å²) in [6.07, 6.45) is 1.75. The minimum absolute atomic E-state index is 0.0510. The lowest BCUT2D eigenvalue weighted by Crippen LogP contribution is -2.48. The van der Waals surface area contributed by atoms with E-state index in [1.54, 1.807) is 30.5 Å². The standard InChI is InChI=1S/C29H25ClFNO6/c1-29(2)37-27(33)25(28(34)38-29)24(20-14-32-22-10-5-4-9-19(20)22)17-12-21(30)26(23(13-17)35-3)36-15-16-7-6-8-18(31)11-16/h4-14,24-25,32H,15H2,1-3H3/t24-/m1/s1. The molecule has 1 aliphatic rings. The van der Waals surface area contributed by atoms with E-state index in [0.29, 0.717) is 16.7 Å². The highest BCUT2D eigenvalue weighted by atomic mass is 35.5. The quantitative estimate of drug-likeness (QED) is 0.225. The zero-order chi connectivity index (χ0) is 27.0. The highest BCUT2D eigenvalue weighted by molar-refractivity contribution is 6.32. The molecular weight excluding hydrogens is 513 g/mol. The van der Waals surface area contributed by atoms with Crippen LogP contribution in [0.1, 0.15) is 36.5 Å². The van der Waals surface area contributed by atoms with Crippen molar-refractivity contribution in [3.8, 4) is 11.5 Å². The topological polar surface area (TPSA) is 86.9 Å². The van der Waals surface area contributed by atoms with Gasteiger partial charge < -0.3 is 23.9 Å². The average Bonchev–Trinajstić information content (AvgIpc) is 3.28. The van der Waals surface area contributed by atoms with Crippen molar-refractivity contribution >= 4 is 34.4 Å². The Balaban J connectivity index is 1.59. The average molecular weight is 538 g/mol. The van der Waals surface area contributed by atoms with Gasteiger partial charge in [-0.3, -0.25) is 9.59 Å². The van der Waals surface area contributed by atoms with Gasteiger partial charge in [0, 0.05) is 36.9 Å². The van der Waals surface area contributed by atoms with Crippen LogP contribution >= 0.6 is 11.6 Å². The van der Waals surface area contributed by atoms with Crippen molar-refractivity contribution in [3.63, 3.8) is 0 Å². The number of cyclic esters (lactones) is 2. The van der Waals surface area contributed by atoms with E-state index in [2.05, 4.69) is 4.98 Å². The van der Waals surface area contributed by atoms with Gasteiger partial charge in [-0.2, -0.15) is 0 Å². The summed E-state index contributed by atoms with van der Waals surface area (Å²) in [5, 5.41) is 1.02. The predicted octanol–water partition coefficient (Wildman–Crippen LogP) is 6.13. The molecule has 196 valence electrons. The number of methoxy groups -OCH3 is 1. The summed E-state index contributed by atoms with van der Waals surface area (Å²) in [6, 6.07) is 16.9. The van der Waals surface area contributed by atoms with Gasteiger partial charge >= 0.3 is 11.9 Å². The van der Waals surface area contributed by atoms with Crippen LogP contribution in [0.5, 0.6) is 11.5 Å². The van der Waals surface area contributed by atoms with Crippen LogP contribution in [0.2, 0.25) is 5.02 Å². The van der Waals surface area contributed by atoms with Gasteiger partial charge in [-0.15, -0.1) is 0 Å². The Labute approximate surface area is 223 Å². The maximum Gasteiger partial charge on any atom is 0.324 e. The molecule has 0 unspecified atom stereocenters. The van der Waals surface area contributed by atoms with E-state index in [9.17, 15) is 14.0 Å². The third-order valence-corrected chi connectivity index (χ3v) is 6.65. The van der Waals surface area contributed by atoms with E-state index in [0.717, 1.165) is 10.9 Å². The number of aromatic nitrogens is 1. The Morgan fingerprint density at radius 3 is 2.50 bits per heavy atom. The number of rotatable bonds is 7. The summed E-state index contributed by atoms with van der Waals surface area (Å²) >= 11 is 6.67. The molecule has 0 saturated carbocycles. The number of hydrogen-bond acceptors (Lipinski definition) is 6. The SMILES string of the molecule is COc1cc([C@H](c2c[nH]c3ccccc23)C2C(=O)OC(C)(C)OC2=O)cc(Cl)c1OCc1cccc(F)c1. The van der Waals surface area contributed by atoms with Crippen LogP contribution in [-0.2, 0) is 25.7 Å². The second kappa shape index (κ2) is 10.0. The zero-order valence-corrected chi connectivity index (χ0v) is 21.7. The molecule has 1 atom stereocenters. The molecule has 0 amide bonds. The van der Waals surface area contributed by atoms with Crippen molar-refractivity contribution in [2.24, 2.45) is 5.92 Å². The molecule has 1 fully saturated rings. The van der Waals surface area contributed by atoms with Gasteiger partial charge in [0.2, 0.25) is 0 Å². The van der Waals surface area contributed by atoms with E-state index in [1.807, 2.05) is 24.3 Å². The molecule has 4 aromatic rings. The smallest absolute Gasteiger partial charge is 0.324 e. The summed E-state index contributed by atoms with van der Waals surface area (Å²) in [4.78, 5) is 29.6. The summed E-state index contributed by atoms with van der Waals surface area (Å²) in [6.45, 7) is 3.06. The van der Waals surface area contributed by atoms with Gasteiger partial charge in [0.1, 0.15) is 12.4 Å². The minimum Gasteiger partial charge on any atom is -0.493 e. The van der Waals surface area contributed by atoms with E-state index in [1.165, 1.54) is 33.1 Å². The Bertz CT molecular complexity index is 1510. The Morgan fingerprint density at radius 2 is 1.79 bits per heavy atom. The molecule has 1 N–H and O–H groups in total. The maximum atomic E-state index is 13.6. The van der Waals surface area contributed by atoms with Crippen molar-refractivity contribution < 1.29 is 32.9 Å². The van der Waals surface area contributed by atoms with E-state index in [-0.39, 0.29) is 28.9 Å². The van der Waals surface area contributed by atoms with Crippen molar-refractivity contribution in [1.82, 2.24) is 4.98 Å². The first-order chi connectivity index (χ1) is 18.2. The zero-order valence-electron chi connectivity index (χ0n) is 20.9. The van der Waals surface area contributed by atoms with Crippen LogP contribution in [0.3, 0.4) is 0 Å². The number of aromatic amines is 1. The molecule has 1 aliphatic heterocycles. The minimum atomic E-state index is -1.38. The lowest BCUT2D eigenvalue weighted by molar-refractivity contribution is -0.240. The number of esters is 2. The lowest BCUT2D eigenvalue weighted by Gasteiger charge is -2.36. The number of fused-ring (bicyclic) bond motifs is 1. The molecule has 0 spiro atoms. The van der Waals surface area contributed by atoms with Crippen molar-refractivity contribution in [1.29, 1.82) is 0 Å². The third-order valence-electron chi connectivity index (χ3n) is 6.37. The normalized spacial score (nSPS) is 16.1. The van der Waals surface area contributed by atoms with Crippen LogP contribution in [0.4, 0.5) is 4.39 Å². The molecule has 7 nitrogen and oxygen atoms in total. The highest BCUT2D eigenvalue weighted by Gasteiger charge is 2.49. The summed E-state index contributed by atoms with van der Waals surface area (Å²) in [5.74, 6) is -4.74. The number of hydrogen-bond donors (Lipinski definition) is 1. The predicted molar refractivity (Wildman–Crippen MR) is 139 cm³/mol. The fraction of sp³-hybridized carbons (Fsp3) is 0.241. The number of nitrogens with one attached hydrogen (secondary N) is 1.